The number of ether oxygens (including phenoxy) is 1. The van der Waals surface area contributed by atoms with Gasteiger partial charge in [0.1, 0.15) is 5.75 Å². The number of phenolic OH excluding ortho intramolecular Hbond substituents is 1. The van der Waals surface area contributed by atoms with Crippen molar-refractivity contribution in [1.82, 2.24) is 5.32 Å². The van der Waals surface area contributed by atoms with Gasteiger partial charge in [0.15, 0.2) is 0 Å². The van der Waals surface area contributed by atoms with E-state index in [9.17, 15) is 5.11 Å². The molecule has 0 aromatic heterocycles. The summed E-state index contributed by atoms with van der Waals surface area (Å²) in [6.07, 6.45) is 3.60. The van der Waals surface area contributed by atoms with Crippen LogP contribution in [0.4, 0.5) is 0 Å². The van der Waals surface area contributed by atoms with Crippen molar-refractivity contribution in [1.29, 1.82) is 0 Å². The molecule has 1 saturated heterocycles. The highest BCUT2D eigenvalue weighted by Crippen LogP contribution is 2.34. The maximum Gasteiger partial charge on any atom is 0.115 e. The van der Waals surface area contributed by atoms with Crippen molar-refractivity contribution in [3.63, 3.8) is 0 Å². The largest absolute Gasteiger partial charge is 0.508 e. The zero-order valence-corrected chi connectivity index (χ0v) is 10.1. The van der Waals surface area contributed by atoms with E-state index in [1.54, 1.807) is 6.07 Å². The molecule has 1 aliphatic heterocycles. The quantitative estimate of drug-likeness (QED) is 0.822. The highest BCUT2D eigenvalue weighted by Gasteiger charge is 2.30. The summed E-state index contributed by atoms with van der Waals surface area (Å²) >= 11 is 0. The minimum absolute atomic E-state index is 0.316. The number of fused-ring (bicyclic) bond motifs is 1. The van der Waals surface area contributed by atoms with Crippen LogP contribution in [0.25, 0.3) is 0 Å². The van der Waals surface area contributed by atoms with Crippen molar-refractivity contribution >= 4 is 0 Å². The number of aryl methyl sites for hydroxylation is 1. The molecule has 1 aliphatic carbocycles. The van der Waals surface area contributed by atoms with Crippen LogP contribution in [-0.4, -0.2) is 23.9 Å². The lowest BCUT2D eigenvalue weighted by atomic mass is 10.1. The zero-order valence-electron chi connectivity index (χ0n) is 10.1. The molecule has 3 atom stereocenters. The number of aromatic hydroxyl groups is 1. The Labute approximate surface area is 102 Å². The highest BCUT2D eigenvalue weighted by atomic mass is 16.5. The van der Waals surface area contributed by atoms with Crippen LogP contribution in [0.2, 0.25) is 0 Å². The van der Waals surface area contributed by atoms with Gasteiger partial charge < -0.3 is 15.2 Å². The van der Waals surface area contributed by atoms with E-state index in [1.807, 2.05) is 6.07 Å². The van der Waals surface area contributed by atoms with E-state index in [0.29, 0.717) is 23.9 Å². The lowest BCUT2D eigenvalue weighted by molar-refractivity contribution is 0.111. The molecule has 0 saturated carbocycles. The van der Waals surface area contributed by atoms with Crippen molar-refractivity contribution < 1.29 is 9.84 Å². The summed E-state index contributed by atoms with van der Waals surface area (Å²) in [5, 5.41) is 13.2. The molecule has 0 radical (unpaired) electrons. The predicted octanol–water partition coefficient (Wildman–Crippen LogP) is 2.15. The van der Waals surface area contributed by atoms with Crippen LogP contribution in [0.5, 0.6) is 5.75 Å². The van der Waals surface area contributed by atoms with E-state index in [2.05, 4.69) is 18.3 Å². The number of rotatable bonds is 2. The van der Waals surface area contributed by atoms with Gasteiger partial charge in [0, 0.05) is 18.7 Å². The first-order chi connectivity index (χ1) is 8.24. The zero-order chi connectivity index (χ0) is 11.8. The molecule has 1 aromatic rings. The van der Waals surface area contributed by atoms with Crippen molar-refractivity contribution in [2.24, 2.45) is 0 Å². The van der Waals surface area contributed by atoms with Gasteiger partial charge in [-0.2, -0.15) is 0 Å². The lowest BCUT2D eigenvalue weighted by Gasteiger charge is -2.22. The normalized spacial score (nSPS) is 31.7. The Morgan fingerprint density at radius 2 is 2.24 bits per heavy atom. The molecule has 0 spiro atoms. The Hall–Kier alpha value is -1.06. The molecular weight excluding hydrogens is 214 g/mol. The summed E-state index contributed by atoms with van der Waals surface area (Å²) in [7, 11) is 0. The van der Waals surface area contributed by atoms with Crippen LogP contribution in [0.3, 0.4) is 0 Å². The van der Waals surface area contributed by atoms with Gasteiger partial charge in [0.25, 0.3) is 0 Å². The van der Waals surface area contributed by atoms with Gasteiger partial charge in [-0.25, -0.2) is 0 Å². The Bertz CT molecular complexity index is 419. The molecule has 17 heavy (non-hydrogen) atoms. The van der Waals surface area contributed by atoms with Crippen LogP contribution in [0.1, 0.15) is 36.9 Å². The first-order valence-corrected chi connectivity index (χ1v) is 6.43. The van der Waals surface area contributed by atoms with Gasteiger partial charge in [0.2, 0.25) is 0 Å². The molecule has 92 valence electrons. The summed E-state index contributed by atoms with van der Waals surface area (Å²) < 4.78 is 5.58. The van der Waals surface area contributed by atoms with Gasteiger partial charge in [-0.15, -0.1) is 0 Å². The summed E-state index contributed by atoms with van der Waals surface area (Å²) in [4.78, 5) is 0. The fourth-order valence-electron chi connectivity index (χ4n) is 2.99. The third-order valence-electron chi connectivity index (χ3n) is 4.00. The summed E-state index contributed by atoms with van der Waals surface area (Å²) in [6, 6.07) is 6.63. The fourth-order valence-corrected chi connectivity index (χ4v) is 2.99. The smallest absolute Gasteiger partial charge is 0.115 e. The Kier molecular flexibility index (Phi) is 2.81. The van der Waals surface area contributed by atoms with E-state index >= 15 is 0 Å². The molecule has 0 amide bonds. The second kappa shape index (κ2) is 4.31. The van der Waals surface area contributed by atoms with Gasteiger partial charge in [-0.05, 0) is 49.4 Å². The van der Waals surface area contributed by atoms with E-state index in [1.165, 1.54) is 11.1 Å². The van der Waals surface area contributed by atoms with E-state index in [0.717, 1.165) is 25.9 Å². The van der Waals surface area contributed by atoms with E-state index in [4.69, 9.17) is 4.74 Å². The third kappa shape index (κ3) is 2.05. The molecule has 0 bridgehead atoms. The molecule has 3 rings (SSSR count). The summed E-state index contributed by atoms with van der Waals surface area (Å²) in [6.45, 7) is 3.01. The first-order valence-electron chi connectivity index (χ1n) is 6.43. The standard InChI is InChI=1S/C14H19NO2/c1-9-13(6-7-17-9)15-14-5-2-10-8-11(16)3-4-12(10)14/h3-4,8-9,13-16H,2,5-7H2,1H3. The van der Waals surface area contributed by atoms with Crippen molar-refractivity contribution in [3.05, 3.63) is 29.3 Å². The summed E-state index contributed by atoms with van der Waals surface area (Å²) in [5.74, 6) is 0.377. The minimum Gasteiger partial charge on any atom is -0.508 e. The van der Waals surface area contributed by atoms with Crippen LogP contribution >= 0.6 is 0 Å². The maximum absolute atomic E-state index is 9.47. The van der Waals surface area contributed by atoms with Crippen LogP contribution in [0, 0.1) is 0 Å². The highest BCUT2D eigenvalue weighted by molar-refractivity contribution is 5.40. The molecule has 1 aromatic carbocycles. The Morgan fingerprint density at radius 3 is 3.00 bits per heavy atom. The van der Waals surface area contributed by atoms with Crippen molar-refractivity contribution in [3.8, 4) is 5.75 Å². The minimum atomic E-state index is 0.316. The average molecular weight is 233 g/mol. The third-order valence-corrected chi connectivity index (χ3v) is 4.00. The van der Waals surface area contributed by atoms with Gasteiger partial charge >= 0.3 is 0 Å². The van der Waals surface area contributed by atoms with Gasteiger partial charge in [0.05, 0.1) is 6.10 Å². The van der Waals surface area contributed by atoms with E-state index < -0.39 is 0 Å². The molecular formula is C14H19NO2. The lowest BCUT2D eigenvalue weighted by Crippen LogP contribution is -2.36. The van der Waals surface area contributed by atoms with Crippen molar-refractivity contribution in [2.75, 3.05) is 6.61 Å². The van der Waals surface area contributed by atoms with Gasteiger partial charge in [-0.3, -0.25) is 0 Å². The summed E-state index contributed by atoms with van der Waals surface area (Å²) in [5.41, 5.74) is 2.64. The topological polar surface area (TPSA) is 41.5 Å². The predicted molar refractivity (Wildman–Crippen MR) is 66.1 cm³/mol. The fraction of sp³-hybridized carbons (Fsp3) is 0.571. The number of hydrogen-bond donors (Lipinski definition) is 2. The number of hydrogen-bond acceptors (Lipinski definition) is 3. The van der Waals surface area contributed by atoms with Crippen LogP contribution in [-0.2, 0) is 11.2 Å². The molecule has 2 aliphatic rings. The SMILES string of the molecule is CC1OCCC1NC1CCc2cc(O)ccc21. The molecule has 1 heterocycles. The Morgan fingerprint density at radius 1 is 1.35 bits per heavy atom. The number of phenols is 1. The molecule has 1 fully saturated rings. The average Bonchev–Trinajstić information content (AvgIpc) is 2.87. The van der Waals surface area contributed by atoms with Gasteiger partial charge in [-0.1, -0.05) is 6.07 Å². The molecule has 3 heteroatoms. The second-order valence-corrected chi connectivity index (χ2v) is 5.11. The molecule has 2 N–H and O–H groups in total. The second-order valence-electron chi connectivity index (χ2n) is 5.11. The van der Waals surface area contributed by atoms with Crippen molar-refractivity contribution in [2.45, 2.75) is 44.4 Å². The van der Waals surface area contributed by atoms with Crippen LogP contribution in [0.15, 0.2) is 18.2 Å². The maximum atomic E-state index is 9.47. The molecule has 3 unspecified atom stereocenters. The number of benzene rings is 1. The van der Waals surface area contributed by atoms with E-state index in [-0.39, 0.29) is 0 Å². The Balaban J connectivity index is 1.75. The first kappa shape index (κ1) is 11.1. The van der Waals surface area contributed by atoms with Crippen LogP contribution < -0.4 is 5.32 Å². The number of nitrogens with one attached hydrogen (secondary N) is 1. The molecule has 3 nitrogen and oxygen atoms in total. The monoisotopic (exact) mass is 233 g/mol.